The molecule has 1 aromatic rings. The molecular weight excluding hydrogens is 258 g/mol. The average molecular weight is 267 g/mol. The van der Waals surface area contributed by atoms with Crippen LogP contribution in [0.15, 0.2) is 10.7 Å². The minimum Gasteiger partial charge on any atom is -0.390 e. The topological polar surface area (TPSA) is 59.1 Å². The number of aliphatic hydroxyl groups excluding tert-OH is 1. The first-order valence-corrected chi connectivity index (χ1v) is 4.66. The van der Waals surface area contributed by atoms with Crippen LogP contribution in [-0.2, 0) is 13.2 Å². The van der Waals surface area contributed by atoms with E-state index in [4.69, 9.17) is 10.8 Å². The van der Waals surface area contributed by atoms with Gasteiger partial charge in [-0.25, -0.2) is 13.8 Å². The second-order valence-electron chi connectivity index (χ2n) is 2.64. The van der Waals surface area contributed by atoms with E-state index in [-0.39, 0.29) is 34.6 Å². The molecule has 0 aromatic carbocycles. The van der Waals surface area contributed by atoms with Gasteiger partial charge in [-0.3, -0.25) is 0 Å². The van der Waals surface area contributed by atoms with Crippen molar-refractivity contribution in [2.45, 2.75) is 19.6 Å². The second kappa shape index (κ2) is 4.77. The standard InChI is InChI=1S/C8H9BrF2N2O/c9-7-6(2-12)5(8(10)11)1-4(3-14)13-7/h1,8,14H,2-3,12H2. The van der Waals surface area contributed by atoms with Crippen LogP contribution in [0, 0.1) is 0 Å². The van der Waals surface area contributed by atoms with Gasteiger partial charge in [0, 0.05) is 17.7 Å². The Morgan fingerprint density at radius 1 is 1.57 bits per heavy atom. The highest BCUT2D eigenvalue weighted by Crippen LogP contribution is 2.27. The zero-order chi connectivity index (χ0) is 10.7. The lowest BCUT2D eigenvalue weighted by Gasteiger charge is -2.10. The van der Waals surface area contributed by atoms with E-state index in [0.29, 0.717) is 0 Å². The summed E-state index contributed by atoms with van der Waals surface area (Å²) in [5.41, 5.74) is 5.61. The molecule has 0 aliphatic rings. The lowest BCUT2D eigenvalue weighted by molar-refractivity contribution is 0.149. The molecule has 0 unspecified atom stereocenters. The number of nitrogens with zero attached hydrogens (tertiary/aromatic N) is 1. The molecular formula is C8H9BrF2N2O. The molecule has 0 fully saturated rings. The third-order valence-corrected chi connectivity index (χ3v) is 2.42. The summed E-state index contributed by atoms with van der Waals surface area (Å²) in [7, 11) is 0. The predicted octanol–water partition coefficient (Wildman–Crippen LogP) is 1.73. The molecule has 1 aromatic heterocycles. The van der Waals surface area contributed by atoms with Crippen molar-refractivity contribution in [3.8, 4) is 0 Å². The first-order valence-electron chi connectivity index (χ1n) is 3.87. The average Bonchev–Trinajstić information content (AvgIpc) is 2.16. The van der Waals surface area contributed by atoms with Gasteiger partial charge in [0.1, 0.15) is 4.60 Å². The maximum Gasteiger partial charge on any atom is 0.264 e. The Morgan fingerprint density at radius 2 is 2.21 bits per heavy atom. The summed E-state index contributed by atoms with van der Waals surface area (Å²) < 4.78 is 25.3. The number of hydrogen-bond acceptors (Lipinski definition) is 3. The van der Waals surface area contributed by atoms with Crippen molar-refractivity contribution >= 4 is 15.9 Å². The van der Waals surface area contributed by atoms with E-state index in [0.717, 1.165) is 6.07 Å². The monoisotopic (exact) mass is 266 g/mol. The molecule has 0 saturated heterocycles. The fourth-order valence-corrected chi connectivity index (χ4v) is 1.71. The maximum atomic E-state index is 12.5. The summed E-state index contributed by atoms with van der Waals surface area (Å²) in [5, 5.41) is 8.77. The molecule has 3 N–H and O–H groups in total. The molecule has 6 heteroatoms. The largest absolute Gasteiger partial charge is 0.390 e. The van der Waals surface area contributed by atoms with E-state index in [9.17, 15) is 8.78 Å². The van der Waals surface area contributed by atoms with Gasteiger partial charge >= 0.3 is 0 Å². The summed E-state index contributed by atoms with van der Waals surface area (Å²) in [6.45, 7) is -0.387. The van der Waals surface area contributed by atoms with E-state index in [1.54, 1.807) is 0 Å². The van der Waals surface area contributed by atoms with Gasteiger partial charge in [-0.1, -0.05) is 0 Å². The van der Waals surface area contributed by atoms with Crippen molar-refractivity contribution in [2.24, 2.45) is 5.73 Å². The molecule has 0 atom stereocenters. The van der Waals surface area contributed by atoms with Crippen molar-refractivity contribution in [2.75, 3.05) is 0 Å². The molecule has 0 saturated carbocycles. The van der Waals surface area contributed by atoms with Crippen molar-refractivity contribution in [1.29, 1.82) is 0 Å². The molecule has 0 amide bonds. The van der Waals surface area contributed by atoms with Gasteiger partial charge in [-0.2, -0.15) is 0 Å². The normalized spacial score (nSPS) is 11.0. The minimum atomic E-state index is -2.61. The lowest BCUT2D eigenvalue weighted by atomic mass is 10.1. The van der Waals surface area contributed by atoms with Crippen molar-refractivity contribution in [3.63, 3.8) is 0 Å². The zero-order valence-electron chi connectivity index (χ0n) is 7.17. The summed E-state index contributed by atoms with van der Waals surface area (Å²) in [5.74, 6) is 0. The minimum absolute atomic E-state index is 0.0149. The fraction of sp³-hybridized carbons (Fsp3) is 0.375. The van der Waals surface area contributed by atoms with Gasteiger partial charge in [-0.15, -0.1) is 0 Å². The maximum absolute atomic E-state index is 12.5. The third-order valence-electron chi connectivity index (χ3n) is 1.76. The van der Waals surface area contributed by atoms with Gasteiger partial charge in [0.05, 0.1) is 12.3 Å². The van der Waals surface area contributed by atoms with E-state index in [1.807, 2.05) is 0 Å². The Labute approximate surface area is 88.1 Å². The van der Waals surface area contributed by atoms with E-state index >= 15 is 0 Å². The van der Waals surface area contributed by atoms with Crippen LogP contribution >= 0.6 is 15.9 Å². The summed E-state index contributed by atoms with van der Waals surface area (Å²) in [6, 6.07) is 1.16. The van der Waals surface area contributed by atoms with Crippen LogP contribution in [0.1, 0.15) is 23.2 Å². The Balaban J connectivity index is 3.28. The number of nitrogens with two attached hydrogens (primary N) is 1. The number of rotatable bonds is 3. The van der Waals surface area contributed by atoms with E-state index in [1.165, 1.54) is 0 Å². The van der Waals surface area contributed by atoms with Gasteiger partial charge in [0.2, 0.25) is 0 Å². The number of pyridine rings is 1. The van der Waals surface area contributed by atoms with Crippen LogP contribution in [-0.4, -0.2) is 10.1 Å². The smallest absolute Gasteiger partial charge is 0.264 e. The molecule has 0 radical (unpaired) electrons. The number of halogens is 3. The number of aliphatic hydroxyl groups is 1. The summed E-state index contributed by atoms with van der Waals surface area (Å²) >= 11 is 3.03. The quantitative estimate of drug-likeness (QED) is 0.820. The Bertz CT molecular complexity index is 333. The van der Waals surface area contributed by atoms with Gasteiger partial charge in [0.15, 0.2) is 0 Å². The van der Waals surface area contributed by atoms with Crippen LogP contribution in [0.2, 0.25) is 0 Å². The highest BCUT2D eigenvalue weighted by molar-refractivity contribution is 9.10. The molecule has 1 heterocycles. The molecule has 1 rings (SSSR count). The number of aromatic nitrogens is 1. The number of hydrogen-bond donors (Lipinski definition) is 2. The molecule has 0 aliphatic carbocycles. The van der Waals surface area contributed by atoms with Crippen LogP contribution in [0.4, 0.5) is 8.78 Å². The van der Waals surface area contributed by atoms with Crippen LogP contribution in [0.5, 0.6) is 0 Å². The van der Waals surface area contributed by atoms with Crippen LogP contribution in [0.3, 0.4) is 0 Å². The molecule has 14 heavy (non-hydrogen) atoms. The van der Waals surface area contributed by atoms with Gasteiger partial charge in [-0.05, 0) is 22.0 Å². The van der Waals surface area contributed by atoms with Crippen LogP contribution < -0.4 is 5.73 Å². The Hall–Kier alpha value is -0.590. The molecule has 0 spiro atoms. The van der Waals surface area contributed by atoms with Crippen LogP contribution in [0.25, 0.3) is 0 Å². The Morgan fingerprint density at radius 3 is 2.64 bits per heavy atom. The van der Waals surface area contributed by atoms with Gasteiger partial charge < -0.3 is 10.8 Å². The van der Waals surface area contributed by atoms with Crippen molar-refractivity contribution in [1.82, 2.24) is 4.98 Å². The van der Waals surface area contributed by atoms with Crippen molar-refractivity contribution < 1.29 is 13.9 Å². The predicted molar refractivity (Wildman–Crippen MR) is 50.7 cm³/mol. The fourth-order valence-electron chi connectivity index (χ4n) is 1.09. The zero-order valence-corrected chi connectivity index (χ0v) is 8.76. The second-order valence-corrected chi connectivity index (χ2v) is 3.39. The van der Waals surface area contributed by atoms with Crippen molar-refractivity contribution in [3.05, 3.63) is 27.5 Å². The van der Waals surface area contributed by atoms with E-state index in [2.05, 4.69) is 20.9 Å². The van der Waals surface area contributed by atoms with Gasteiger partial charge in [0.25, 0.3) is 6.43 Å². The first-order chi connectivity index (χ1) is 6.60. The highest BCUT2D eigenvalue weighted by Gasteiger charge is 2.16. The Kier molecular flexibility index (Phi) is 3.91. The molecule has 78 valence electrons. The molecule has 0 aliphatic heterocycles. The molecule has 0 bridgehead atoms. The highest BCUT2D eigenvalue weighted by atomic mass is 79.9. The van der Waals surface area contributed by atoms with E-state index < -0.39 is 6.43 Å². The first kappa shape index (κ1) is 11.5. The summed E-state index contributed by atoms with van der Waals surface area (Å²) in [6.07, 6.45) is -2.61. The summed E-state index contributed by atoms with van der Waals surface area (Å²) in [4.78, 5) is 3.86. The SMILES string of the molecule is NCc1c(C(F)F)cc(CO)nc1Br. The lowest BCUT2D eigenvalue weighted by Crippen LogP contribution is -2.06. The molecule has 3 nitrogen and oxygen atoms in total. The number of alkyl halides is 2. The third kappa shape index (κ3) is 2.26.